The Labute approximate surface area is 137 Å². The van der Waals surface area contributed by atoms with E-state index in [2.05, 4.69) is 5.32 Å². The van der Waals surface area contributed by atoms with Gasteiger partial charge in [0.1, 0.15) is 5.82 Å². The molecule has 0 fully saturated rings. The summed E-state index contributed by atoms with van der Waals surface area (Å²) in [5.74, 6) is -1.00. The molecule has 122 valence electrons. The van der Waals surface area contributed by atoms with Crippen LogP contribution in [-0.4, -0.2) is 24.2 Å². The van der Waals surface area contributed by atoms with Gasteiger partial charge in [0.2, 0.25) is 0 Å². The minimum Gasteiger partial charge on any atom is -0.459 e. The number of hydrogen-bond donors (Lipinski definition) is 2. The highest BCUT2D eigenvalue weighted by Gasteiger charge is 2.26. The van der Waals surface area contributed by atoms with Crippen LogP contribution < -0.4 is 5.32 Å². The molecule has 0 saturated carbocycles. The van der Waals surface area contributed by atoms with E-state index < -0.39 is 24.4 Å². The molecule has 0 spiro atoms. The topological polar surface area (TPSA) is 71.7 Å². The minimum absolute atomic E-state index is 0.0669. The lowest BCUT2D eigenvalue weighted by atomic mass is 10.0. The molecule has 0 aliphatic carbocycles. The predicted molar refractivity (Wildman–Crippen MR) is 80.8 cm³/mol. The van der Waals surface area contributed by atoms with E-state index in [0.717, 1.165) is 11.1 Å². The van der Waals surface area contributed by atoms with Crippen molar-refractivity contribution >= 4 is 17.5 Å². The molecule has 2 aromatic rings. The van der Waals surface area contributed by atoms with E-state index in [0.29, 0.717) is 19.6 Å². The first-order valence-electron chi connectivity index (χ1n) is 7.14. The Kier molecular flexibility index (Phi) is 4.66. The number of carbonyl (C=O) groups excluding carboxylic acids is 1. The highest BCUT2D eigenvalue weighted by atomic mass is 35.5. The number of fused-ring (bicyclic) bond motifs is 1. The molecule has 2 heterocycles. The van der Waals surface area contributed by atoms with Crippen molar-refractivity contribution in [3.8, 4) is 0 Å². The normalized spacial score (nSPS) is 15.1. The van der Waals surface area contributed by atoms with E-state index in [1.54, 1.807) is 6.07 Å². The monoisotopic (exact) mass is 339 g/mol. The second-order valence-corrected chi connectivity index (χ2v) is 5.63. The summed E-state index contributed by atoms with van der Waals surface area (Å²) in [6.07, 6.45) is 2.06. The van der Waals surface area contributed by atoms with Crippen molar-refractivity contribution in [2.45, 2.75) is 19.1 Å². The van der Waals surface area contributed by atoms with Crippen LogP contribution in [0.4, 0.5) is 4.39 Å². The Morgan fingerprint density at radius 1 is 1.48 bits per heavy atom. The van der Waals surface area contributed by atoms with Gasteiger partial charge in [0.15, 0.2) is 5.76 Å². The first kappa shape index (κ1) is 16.0. The number of ether oxygens (including phenoxy) is 1. The van der Waals surface area contributed by atoms with Crippen molar-refractivity contribution in [2.24, 2.45) is 0 Å². The van der Waals surface area contributed by atoms with Gasteiger partial charge < -0.3 is 19.6 Å². The number of benzene rings is 1. The number of furan rings is 1. The third kappa shape index (κ3) is 3.10. The molecule has 1 aromatic carbocycles. The number of halogens is 2. The Hall–Kier alpha value is -1.89. The highest BCUT2D eigenvalue weighted by molar-refractivity contribution is 6.30. The van der Waals surface area contributed by atoms with Gasteiger partial charge in [0.05, 0.1) is 37.1 Å². The quantitative estimate of drug-likeness (QED) is 0.898. The molecule has 1 aliphatic rings. The summed E-state index contributed by atoms with van der Waals surface area (Å²) in [7, 11) is 0. The van der Waals surface area contributed by atoms with E-state index in [1.807, 2.05) is 0 Å². The average Bonchev–Trinajstić information content (AvgIpc) is 2.99. The molecule has 23 heavy (non-hydrogen) atoms. The van der Waals surface area contributed by atoms with E-state index >= 15 is 0 Å². The fourth-order valence-electron chi connectivity index (χ4n) is 2.60. The van der Waals surface area contributed by atoms with Crippen LogP contribution in [0.1, 0.15) is 33.3 Å². The number of rotatable bonds is 4. The number of aliphatic hydroxyl groups is 1. The van der Waals surface area contributed by atoms with Crippen LogP contribution in [0.3, 0.4) is 0 Å². The molecule has 1 aromatic heterocycles. The summed E-state index contributed by atoms with van der Waals surface area (Å²) in [4.78, 5) is 12.4. The highest BCUT2D eigenvalue weighted by Crippen LogP contribution is 2.26. The first-order chi connectivity index (χ1) is 11.1. The zero-order chi connectivity index (χ0) is 16.4. The van der Waals surface area contributed by atoms with Crippen LogP contribution >= 0.6 is 11.6 Å². The summed E-state index contributed by atoms with van der Waals surface area (Å²) in [5.41, 5.74) is 1.74. The molecule has 0 bridgehead atoms. The van der Waals surface area contributed by atoms with Gasteiger partial charge in [0, 0.05) is 23.1 Å². The van der Waals surface area contributed by atoms with Gasteiger partial charge in [-0.15, -0.1) is 0 Å². The minimum atomic E-state index is -0.915. The lowest BCUT2D eigenvalue weighted by Gasteiger charge is -2.18. The average molecular weight is 340 g/mol. The zero-order valence-corrected chi connectivity index (χ0v) is 12.9. The van der Waals surface area contributed by atoms with Crippen LogP contribution in [0.5, 0.6) is 0 Å². The van der Waals surface area contributed by atoms with Crippen molar-refractivity contribution in [3.63, 3.8) is 0 Å². The number of hydrogen-bond acceptors (Lipinski definition) is 4. The molecule has 5 nitrogen and oxygen atoms in total. The number of carbonyl (C=O) groups is 1. The van der Waals surface area contributed by atoms with Crippen molar-refractivity contribution in [3.05, 3.63) is 57.8 Å². The van der Waals surface area contributed by atoms with Gasteiger partial charge in [0.25, 0.3) is 5.91 Å². The number of aliphatic hydroxyl groups excluding tert-OH is 1. The SMILES string of the molecule is O=C(NC(CO)c1cccc(Cl)c1F)c1occ2c1CCOC2. The summed E-state index contributed by atoms with van der Waals surface area (Å²) in [5, 5.41) is 12.0. The van der Waals surface area contributed by atoms with Crippen molar-refractivity contribution in [2.75, 3.05) is 13.2 Å². The fraction of sp³-hybridized carbons (Fsp3) is 0.312. The van der Waals surface area contributed by atoms with Gasteiger partial charge in [-0.1, -0.05) is 23.7 Å². The lowest BCUT2D eigenvalue weighted by molar-refractivity contribution is 0.0881. The van der Waals surface area contributed by atoms with Crippen molar-refractivity contribution in [1.29, 1.82) is 0 Å². The largest absolute Gasteiger partial charge is 0.459 e. The smallest absolute Gasteiger partial charge is 0.287 e. The Morgan fingerprint density at radius 3 is 3.09 bits per heavy atom. The van der Waals surface area contributed by atoms with Crippen molar-refractivity contribution in [1.82, 2.24) is 5.32 Å². The lowest BCUT2D eigenvalue weighted by Crippen LogP contribution is -2.32. The first-order valence-corrected chi connectivity index (χ1v) is 7.52. The second kappa shape index (κ2) is 6.70. The van der Waals surface area contributed by atoms with Crippen LogP contribution in [0.25, 0.3) is 0 Å². The fourth-order valence-corrected chi connectivity index (χ4v) is 2.78. The van der Waals surface area contributed by atoms with Crippen LogP contribution in [0.2, 0.25) is 5.02 Å². The Bertz CT molecular complexity index is 731. The Balaban J connectivity index is 1.83. The van der Waals surface area contributed by atoms with Crippen LogP contribution in [0, 0.1) is 5.82 Å². The predicted octanol–water partition coefficient (Wildman–Crippen LogP) is 2.61. The molecular weight excluding hydrogens is 325 g/mol. The van der Waals surface area contributed by atoms with E-state index in [4.69, 9.17) is 20.8 Å². The maximum absolute atomic E-state index is 14.1. The summed E-state index contributed by atoms with van der Waals surface area (Å²) in [6, 6.07) is 3.51. The zero-order valence-electron chi connectivity index (χ0n) is 12.1. The molecule has 7 heteroatoms. The molecule has 1 aliphatic heterocycles. The van der Waals surface area contributed by atoms with Gasteiger partial charge in [-0.2, -0.15) is 0 Å². The van der Waals surface area contributed by atoms with Crippen molar-refractivity contribution < 1.29 is 23.4 Å². The van der Waals surface area contributed by atoms with Crippen LogP contribution in [-0.2, 0) is 17.8 Å². The molecule has 0 saturated heterocycles. The van der Waals surface area contributed by atoms with Gasteiger partial charge in [-0.3, -0.25) is 4.79 Å². The second-order valence-electron chi connectivity index (χ2n) is 5.22. The van der Waals surface area contributed by atoms with E-state index in [-0.39, 0.29) is 16.3 Å². The van der Waals surface area contributed by atoms with Gasteiger partial charge in [-0.25, -0.2) is 4.39 Å². The number of amides is 1. The molecule has 0 radical (unpaired) electrons. The molecule has 1 amide bonds. The maximum atomic E-state index is 14.1. The number of nitrogens with one attached hydrogen (secondary N) is 1. The maximum Gasteiger partial charge on any atom is 0.287 e. The molecule has 1 atom stereocenters. The summed E-state index contributed by atoms with van der Waals surface area (Å²) >= 11 is 5.74. The van der Waals surface area contributed by atoms with E-state index in [1.165, 1.54) is 18.4 Å². The summed E-state index contributed by atoms with van der Waals surface area (Å²) < 4.78 is 24.7. The van der Waals surface area contributed by atoms with Gasteiger partial charge >= 0.3 is 0 Å². The Morgan fingerprint density at radius 2 is 2.30 bits per heavy atom. The standard InChI is InChI=1S/C16H15ClFNO4/c17-12-3-1-2-11(14(12)18)13(6-20)19-16(21)15-10-4-5-22-7-9(10)8-23-15/h1-3,8,13,20H,4-7H2,(H,19,21). The molecular formula is C16H15ClFNO4. The third-order valence-corrected chi connectivity index (χ3v) is 4.08. The third-order valence-electron chi connectivity index (χ3n) is 3.79. The molecule has 1 unspecified atom stereocenters. The summed E-state index contributed by atoms with van der Waals surface area (Å²) in [6.45, 7) is 0.451. The van der Waals surface area contributed by atoms with Crippen LogP contribution in [0.15, 0.2) is 28.9 Å². The molecule has 2 N–H and O–H groups in total. The van der Waals surface area contributed by atoms with E-state index in [9.17, 15) is 14.3 Å². The molecule has 3 rings (SSSR count). The van der Waals surface area contributed by atoms with Gasteiger partial charge in [-0.05, 0) is 6.07 Å².